The first-order valence-electron chi connectivity index (χ1n) is 8.34. The molecular weight excluding hydrogens is 376 g/mol. The van der Waals surface area contributed by atoms with Crippen LogP contribution in [0.4, 0.5) is 5.69 Å². The zero-order valence-corrected chi connectivity index (χ0v) is 16.1. The second-order valence-electron chi connectivity index (χ2n) is 5.76. The van der Waals surface area contributed by atoms with Gasteiger partial charge < -0.3 is 11.2 Å². The number of hydrogen-bond acceptors (Lipinski definition) is 9. The van der Waals surface area contributed by atoms with E-state index in [1.165, 1.54) is 17.6 Å². The summed E-state index contributed by atoms with van der Waals surface area (Å²) >= 11 is 1.37. The maximum Gasteiger partial charge on any atom is 0.273 e. The highest BCUT2D eigenvalue weighted by Crippen LogP contribution is 2.22. The van der Waals surface area contributed by atoms with Gasteiger partial charge in [0.15, 0.2) is 5.71 Å². The topological polar surface area (TPSA) is 131 Å². The van der Waals surface area contributed by atoms with E-state index >= 15 is 0 Å². The molecule has 1 amide bonds. The van der Waals surface area contributed by atoms with E-state index in [2.05, 4.69) is 35.6 Å². The van der Waals surface area contributed by atoms with Gasteiger partial charge in [-0.3, -0.25) is 19.8 Å². The minimum Gasteiger partial charge on any atom is -0.344 e. The Kier molecular flexibility index (Phi) is 6.12. The summed E-state index contributed by atoms with van der Waals surface area (Å²) in [6.07, 6.45) is 4.71. The smallest absolute Gasteiger partial charge is 0.273 e. The van der Waals surface area contributed by atoms with Crippen LogP contribution in [0.5, 0.6) is 0 Å². The quantitative estimate of drug-likeness (QED) is 0.373. The van der Waals surface area contributed by atoms with Crippen molar-refractivity contribution in [1.82, 2.24) is 25.5 Å². The fraction of sp³-hybridized carbons (Fsp3) is 0.167. The highest BCUT2D eigenvalue weighted by atomic mass is 32.1. The van der Waals surface area contributed by atoms with Crippen molar-refractivity contribution in [3.05, 3.63) is 53.1 Å². The van der Waals surface area contributed by atoms with Gasteiger partial charge in [-0.15, -0.1) is 10.2 Å². The summed E-state index contributed by atoms with van der Waals surface area (Å²) in [6, 6.07) is 7.38. The summed E-state index contributed by atoms with van der Waals surface area (Å²) in [6.45, 7) is 3.94. The highest BCUT2D eigenvalue weighted by Gasteiger charge is 2.12. The maximum absolute atomic E-state index is 12.3. The van der Waals surface area contributed by atoms with Crippen LogP contribution in [0.2, 0.25) is 0 Å². The van der Waals surface area contributed by atoms with Crippen LogP contribution in [0.15, 0.2) is 46.8 Å². The SMILES string of the molecule is Cc1ccc(N=C/C(=N\N)C(=O)NCc2nnc(-c3cccnc3)s2)c(C)n1. The molecule has 3 aromatic rings. The zero-order valence-electron chi connectivity index (χ0n) is 15.3. The lowest BCUT2D eigenvalue weighted by Gasteiger charge is -2.03. The van der Waals surface area contributed by atoms with Crippen LogP contribution in [0.25, 0.3) is 10.6 Å². The lowest BCUT2D eigenvalue weighted by atomic mass is 10.3. The number of carbonyl (C=O) groups excluding carboxylic acids is 1. The van der Waals surface area contributed by atoms with E-state index in [4.69, 9.17) is 5.84 Å². The molecule has 0 aliphatic carbocycles. The molecule has 3 N–H and O–H groups in total. The minimum absolute atomic E-state index is 0.00280. The zero-order chi connectivity index (χ0) is 19.9. The van der Waals surface area contributed by atoms with Crippen molar-refractivity contribution < 1.29 is 4.79 Å². The standard InChI is InChI=1S/C18H18N8OS/c1-11-5-6-14(12(2)23-11)21-9-15(24-19)17(27)22-10-16-25-26-18(28-16)13-4-3-7-20-8-13/h3-9H,10,19H2,1-2H3,(H,22,27)/b21-9?,24-15+. The number of carbonyl (C=O) groups is 1. The van der Waals surface area contributed by atoms with Crippen molar-refractivity contribution in [3.8, 4) is 10.6 Å². The second kappa shape index (κ2) is 8.91. The lowest BCUT2D eigenvalue weighted by molar-refractivity contribution is -0.114. The predicted molar refractivity (Wildman–Crippen MR) is 108 cm³/mol. The first-order valence-corrected chi connectivity index (χ1v) is 9.15. The van der Waals surface area contributed by atoms with Gasteiger partial charge in [0, 0.05) is 23.7 Å². The van der Waals surface area contributed by atoms with Crippen LogP contribution in [0.1, 0.15) is 16.4 Å². The van der Waals surface area contributed by atoms with Gasteiger partial charge in [-0.25, -0.2) is 0 Å². The molecule has 142 valence electrons. The number of aliphatic imine (C=N–C) groups is 1. The van der Waals surface area contributed by atoms with E-state index in [0.29, 0.717) is 10.7 Å². The molecule has 9 nitrogen and oxygen atoms in total. The Hall–Kier alpha value is -3.53. The van der Waals surface area contributed by atoms with E-state index in [-0.39, 0.29) is 12.3 Å². The Balaban J connectivity index is 1.62. The third kappa shape index (κ3) is 4.80. The molecule has 0 saturated heterocycles. The average molecular weight is 394 g/mol. The number of nitrogens with one attached hydrogen (secondary N) is 1. The van der Waals surface area contributed by atoms with Crippen molar-refractivity contribution in [2.24, 2.45) is 15.9 Å². The van der Waals surface area contributed by atoms with Gasteiger partial charge in [-0.1, -0.05) is 11.3 Å². The molecule has 0 aliphatic rings. The first-order chi connectivity index (χ1) is 13.6. The van der Waals surface area contributed by atoms with E-state index < -0.39 is 5.91 Å². The Morgan fingerprint density at radius 3 is 2.86 bits per heavy atom. The van der Waals surface area contributed by atoms with Crippen LogP contribution < -0.4 is 11.2 Å². The summed E-state index contributed by atoms with van der Waals surface area (Å²) in [4.78, 5) is 24.9. The van der Waals surface area contributed by atoms with Crippen LogP contribution in [-0.2, 0) is 11.3 Å². The largest absolute Gasteiger partial charge is 0.344 e. The number of amides is 1. The van der Waals surface area contributed by atoms with E-state index in [1.54, 1.807) is 12.4 Å². The minimum atomic E-state index is -0.456. The number of aromatic nitrogens is 4. The third-order valence-corrected chi connectivity index (χ3v) is 4.64. The summed E-state index contributed by atoms with van der Waals surface area (Å²) in [5, 5.41) is 15.8. The molecule has 28 heavy (non-hydrogen) atoms. The molecule has 0 unspecified atom stereocenters. The summed E-state index contributed by atoms with van der Waals surface area (Å²) in [5.74, 6) is 4.88. The number of aryl methyl sites for hydroxylation is 2. The number of nitrogens with zero attached hydrogens (tertiary/aromatic N) is 6. The molecule has 0 spiro atoms. The maximum atomic E-state index is 12.3. The van der Waals surface area contributed by atoms with Crippen molar-refractivity contribution in [3.63, 3.8) is 0 Å². The molecule has 0 bridgehead atoms. The van der Waals surface area contributed by atoms with Gasteiger partial charge in [0.1, 0.15) is 10.0 Å². The Morgan fingerprint density at radius 2 is 2.14 bits per heavy atom. The van der Waals surface area contributed by atoms with Crippen LogP contribution in [0, 0.1) is 13.8 Å². The van der Waals surface area contributed by atoms with Crippen LogP contribution in [-0.4, -0.2) is 38.0 Å². The van der Waals surface area contributed by atoms with Gasteiger partial charge in [0.2, 0.25) is 0 Å². The van der Waals surface area contributed by atoms with Crippen LogP contribution in [0.3, 0.4) is 0 Å². The monoisotopic (exact) mass is 394 g/mol. The summed E-state index contributed by atoms with van der Waals surface area (Å²) in [5.41, 5.74) is 3.16. The van der Waals surface area contributed by atoms with E-state index in [1.807, 2.05) is 38.1 Å². The highest BCUT2D eigenvalue weighted by molar-refractivity contribution is 7.14. The fourth-order valence-electron chi connectivity index (χ4n) is 2.27. The number of hydrazone groups is 1. The fourth-order valence-corrected chi connectivity index (χ4v) is 3.04. The van der Waals surface area contributed by atoms with E-state index in [0.717, 1.165) is 22.0 Å². The molecule has 0 radical (unpaired) electrons. The predicted octanol–water partition coefficient (Wildman–Crippen LogP) is 1.95. The Labute approximate surface area is 165 Å². The average Bonchev–Trinajstić information content (AvgIpc) is 3.18. The summed E-state index contributed by atoms with van der Waals surface area (Å²) in [7, 11) is 0. The first kappa shape index (κ1) is 19.2. The Bertz CT molecular complexity index is 1030. The third-order valence-electron chi connectivity index (χ3n) is 3.67. The molecular formula is C18H18N8OS. The molecule has 10 heteroatoms. The number of nitrogens with two attached hydrogens (primary N) is 1. The molecule has 3 rings (SSSR count). The van der Waals surface area contributed by atoms with Crippen molar-refractivity contribution in [2.45, 2.75) is 20.4 Å². The molecule has 0 saturated carbocycles. The Morgan fingerprint density at radius 1 is 1.29 bits per heavy atom. The molecule has 3 heterocycles. The summed E-state index contributed by atoms with van der Waals surface area (Å²) < 4.78 is 0. The molecule has 0 fully saturated rings. The van der Waals surface area contributed by atoms with Crippen molar-refractivity contribution in [1.29, 1.82) is 0 Å². The number of pyridine rings is 2. The van der Waals surface area contributed by atoms with E-state index in [9.17, 15) is 4.79 Å². The normalized spacial score (nSPS) is 11.7. The van der Waals surface area contributed by atoms with Gasteiger partial charge in [-0.2, -0.15) is 5.10 Å². The van der Waals surface area contributed by atoms with Gasteiger partial charge >= 0.3 is 0 Å². The van der Waals surface area contributed by atoms with Crippen LogP contribution >= 0.6 is 11.3 Å². The van der Waals surface area contributed by atoms with Gasteiger partial charge in [0.25, 0.3) is 5.91 Å². The van der Waals surface area contributed by atoms with Gasteiger partial charge in [-0.05, 0) is 38.1 Å². The molecule has 0 atom stereocenters. The number of hydrogen-bond donors (Lipinski definition) is 2. The van der Waals surface area contributed by atoms with Gasteiger partial charge in [0.05, 0.1) is 24.1 Å². The molecule has 0 aliphatic heterocycles. The lowest BCUT2D eigenvalue weighted by Crippen LogP contribution is -2.32. The van der Waals surface area contributed by atoms with Crippen molar-refractivity contribution in [2.75, 3.05) is 0 Å². The molecule has 0 aromatic carbocycles. The second-order valence-corrected chi connectivity index (χ2v) is 6.82. The number of rotatable bonds is 6. The molecule has 3 aromatic heterocycles. The van der Waals surface area contributed by atoms with Crippen molar-refractivity contribution >= 4 is 34.9 Å².